The van der Waals surface area contributed by atoms with Gasteiger partial charge in [-0.1, -0.05) is 29.8 Å². The summed E-state index contributed by atoms with van der Waals surface area (Å²) >= 11 is 5.99. The quantitative estimate of drug-likeness (QED) is 0.905. The average molecular weight is 293 g/mol. The van der Waals surface area contributed by atoms with Crippen molar-refractivity contribution < 1.29 is 9.53 Å². The first-order valence-electron chi connectivity index (χ1n) is 5.90. The Morgan fingerprint density at radius 1 is 1.40 bits per heavy atom. The molecule has 1 amide bonds. The van der Waals surface area contributed by atoms with Crippen molar-refractivity contribution in [2.45, 2.75) is 6.54 Å². The maximum Gasteiger partial charge on any atom is 0.268 e. The summed E-state index contributed by atoms with van der Waals surface area (Å²) < 4.78 is 4.83. The Balaban J connectivity index is 2.07. The summed E-state index contributed by atoms with van der Waals surface area (Å²) in [4.78, 5) is 26.2. The van der Waals surface area contributed by atoms with Crippen molar-refractivity contribution in [1.82, 2.24) is 10.3 Å². The van der Waals surface area contributed by atoms with Crippen LogP contribution in [0.5, 0.6) is 5.75 Å². The number of hydrogen-bond acceptors (Lipinski definition) is 3. The molecule has 5 nitrogen and oxygen atoms in total. The van der Waals surface area contributed by atoms with E-state index in [0.717, 1.165) is 5.56 Å². The van der Waals surface area contributed by atoms with Gasteiger partial charge in [0.15, 0.2) is 5.75 Å². The third-order valence-electron chi connectivity index (χ3n) is 2.74. The van der Waals surface area contributed by atoms with Gasteiger partial charge in [-0.3, -0.25) is 9.59 Å². The number of ether oxygens (including phenoxy) is 1. The fraction of sp³-hybridized carbons (Fsp3) is 0.143. The summed E-state index contributed by atoms with van der Waals surface area (Å²) in [5, 5.41) is 3.27. The molecule has 0 aliphatic carbocycles. The van der Waals surface area contributed by atoms with Crippen LogP contribution in [-0.4, -0.2) is 18.0 Å². The Labute approximate surface area is 120 Å². The third kappa shape index (κ3) is 3.19. The van der Waals surface area contributed by atoms with Crippen LogP contribution in [0.3, 0.4) is 0 Å². The molecule has 0 radical (unpaired) electrons. The normalized spacial score (nSPS) is 10.1. The van der Waals surface area contributed by atoms with Gasteiger partial charge in [0.2, 0.25) is 5.43 Å². The number of nitrogens with one attached hydrogen (secondary N) is 2. The molecule has 1 aromatic heterocycles. The number of benzene rings is 1. The molecular formula is C14H13ClN2O3. The van der Waals surface area contributed by atoms with Crippen LogP contribution in [0.15, 0.2) is 41.3 Å². The molecule has 0 fully saturated rings. The maximum absolute atomic E-state index is 11.9. The van der Waals surface area contributed by atoms with Gasteiger partial charge in [0.1, 0.15) is 5.69 Å². The molecule has 2 rings (SSSR count). The second-order valence-electron chi connectivity index (χ2n) is 4.05. The molecule has 104 valence electrons. The molecule has 20 heavy (non-hydrogen) atoms. The first kappa shape index (κ1) is 14.1. The maximum atomic E-state index is 11.9. The predicted molar refractivity (Wildman–Crippen MR) is 76.2 cm³/mol. The van der Waals surface area contributed by atoms with E-state index in [-0.39, 0.29) is 29.3 Å². The lowest BCUT2D eigenvalue weighted by atomic mass is 10.2. The predicted octanol–water partition coefficient (Wildman–Crippen LogP) is 1.97. The first-order valence-corrected chi connectivity index (χ1v) is 6.28. The molecule has 0 aliphatic rings. The number of carbonyl (C=O) groups excluding carboxylic acids is 1. The first-order chi connectivity index (χ1) is 9.61. The van der Waals surface area contributed by atoms with Crippen molar-refractivity contribution >= 4 is 17.5 Å². The Morgan fingerprint density at radius 2 is 2.15 bits per heavy atom. The number of carbonyl (C=O) groups is 1. The van der Waals surface area contributed by atoms with E-state index in [9.17, 15) is 9.59 Å². The number of amides is 1. The van der Waals surface area contributed by atoms with Gasteiger partial charge in [0, 0.05) is 23.8 Å². The summed E-state index contributed by atoms with van der Waals surface area (Å²) in [6.45, 7) is 0.284. The van der Waals surface area contributed by atoms with E-state index in [1.807, 2.05) is 18.2 Å². The molecule has 0 aliphatic heterocycles. The Kier molecular flexibility index (Phi) is 4.42. The monoisotopic (exact) mass is 292 g/mol. The summed E-state index contributed by atoms with van der Waals surface area (Å²) in [7, 11) is 1.39. The van der Waals surface area contributed by atoms with Crippen LogP contribution in [0.4, 0.5) is 0 Å². The van der Waals surface area contributed by atoms with Crippen LogP contribution in [-0.2, 0) is 6.54 Å². The van der Waals surface area contributed by atoms with Crippen molar-refractivity contribution in [1.29, 1.82) is 0 Å². The van der Waals surface area contributed by atoms with Gasteiger partial charge in [0.05, 0.1) is 7.11 Å². The van der Waals surface area contributed by atoms with Gasteiger partial charge in [-0.15, -0.1) is 0 Å². The zero-order valence-electron chi connectivity index (χ0n) is 10.8. The van der Waals surface area contributed by atoms with E-state index in [1.165, 1.54) is 19.4 Å². The van der Waals surface area contributed by atoms with Gasteiger partial charge < -0.3 is 15.0 Å². The van der Waals surface area contributed by atoms with E-state index >= 15 is 0 Å². The number of aromatic amines is 1. The zero-order valence-corrected chi connectivity index (χ0v) is 11.5. The van der Waals surface area contributed by atoms with E-state index in [4.69, 9.17) is 16.3 Å². The van der Waals surface area contributed by atoms with E-state index in [2.05, 4.69) is 10.3 Å². The number of rotatable bonds is 4. The molecule has 2 aromatic rings. The minimum atomic E-state index is -0.385. The van der Waals surface area contributed by atoms with Gasteiger partial charge in [-0.2, -0.15) is 0 Å². The molecule has 6 heteroatoms. The summed E-state index contributed by atoms with van der Waals surface area (Å²) in [6, 6.07) is 8.41. The second kappa shape index (κ2) is 6.25. The lowest BCUT2D eigenvalue weighted by Crippen LogP contribution is -2.25. The van der Waals surface area contributed by atoms with Crippen LogP contribution >= 0.6 is 11.6 Å². The number of H-pyrrole nitrogens is 1. The van der Waals surface area contributed by atoms with Gasteiger partial charge >= 0.3 is 0 Å². The summed E-state index contributed by atoms with van der Waals surface area (Å²) in [6.07, 6.45) is 1.35. The topological polar surface area (TPSA) is 71.2 Å². The van der Waals surface area contributed by atoms with E-state index in [0.29, 0.717) is 5.02 Å². The largest absolute Gasteiger partial charge is 0.491 e. The fourth-order valence-electron chi connectivity index (χ4n) is 1.66. The van der Waals surface area contributed by atoms with E-state index < -0.39 is 0 Å². The van der Waals surface area contributed by atoms with Crippen molar-refractivity contribution in [3.63, 3.8) is 0 Å². The van der Waals surface area contributed by atoms with Gasteiger partial charge in [-0.25, -0.2) is 0 Å². The highest BCUT2D eigenvalue weighted by atomic mass is 35.5. The highest BCUT2D eigenvalue weighted by Gasteiger charge is 2.09. The molecule has 0 spiro atoms. The fourth-order valence-corrected chi connectivity index (χ4v) is 1.86. The van der Waals surface area contributed by atoms with Crippen LogP contribution in [0.2, 0.25) is 5.02 Å². The van der Waals surface area contributed by atoms with Crippen LogP contribution in [0, 0.1) is 0 Å². The lowest BCUT2D eigenvalue weighted by Gasteiger charge is -2.07. The van der Waals surface area contributed by atoms with Crippen molar-refractivity contribution in [3.8, 4) is 5.75 Å². The minimum Gasteiger partial charge on any atom is -0.491 e. The highest BCUT2D eigenvalue weighted by molar-refractivity contribution is 6.31. The molecule has 0 saturated carbocycles. The average Bonchev–Trinajstić information content (AvgIpc) is 2.46. The van der Waals surface area contributed by atoms with Crippen molar-refractivity contribution in [3.05, 3.63) is 63.0 Å². The summed E-state index contributed by atoms with van der Waals surface area (Å²) in [5.74, 6) is -0.225. The highest BCUT2D eigenvalue weighted by Crippen LogP contribution is 2.14. The van der Waals surface area contributed by atoms with E-state index in [1.54, 1.807) is 6.07 Å². The molecule has 1 heterocycles. The number of hydrogen-bond donors (Lipinski definition) is 2. The number of methoxy groups -OCH3 is 1. The zero-order chi connectivity index (χ0) is 14.5. The SMILES string of the molecule is COc1c[nH]c(C(=O)NCc2ccccc2Cl)cc1=O. The number of aromatic nitrogens is 1. The molecule has 0 saturated heterocycles. The third-order valence-corrected chi connectivity index (χ3v) is 3.11. The standard InChI is InChI=1S/C14H13ClN2O3/c1-20-13-8-16-11(6-12(13)18)14(19)17-7-9-4-2-3-5-10(9)15/h2-6,8H,7H2,1H3,(H,16,18)(H,17,19). The lowest BCUT2D eigenvalue weighted by molar-refractivity contribution is 0.0945. The van der Waals surface area contributed by atoms with Crippen LogP contribution in [0.1, 0.15) is 16.1 Å². The Morgan fingerprint density at radius 3 is 2.80 bits per heavy atom. The van der Waals surface area contributed by atoms with Crippen molar-refractivity contribution in [2.24, 2.45) is 0 Å². The smallest absolute Gasteiger partial charge is 0.268 e. The Bertz CT molecular complexity index is 682. The number of pyridine rings is 1. The Hall–Kier alpha value is -2.27. The van der Waals surface area contributed by atoms with Crippen LogP contribution < -0.4 is 15.5 Å². The summed E-state index contributed by atoms with van der Waals surface area (Å²) in [5.41, 5.74) is 0.621. The molecule has 0 atom stereocenters. The second-order valence-corrected chi connectivity index (χ2v) is 4.46. The van der Waals surface area contributed by atoms with Crippen LogP contribution in [0.25, 0.3) is 0 Å². The molecule has 1 aromatic carbocycles. The molecular weight excluding hydrogens is 280 g/mol. The number of halogens is 1. The van der Waals surface area contributed by atoms with Gasteiger partial charge in [0.25, 0.3) is 5.91 Å². The van der Waals surface area contributed by atoms with Crippen molar-refractivity contribution in [2.75, 3.05) is 7.11 Å². The minimum absolute atomic E-state index is 0.160. The molecule has 2 N–H and O–H groups in total. The molecule has 0 bridgehead atoms. The van der Waals surface area contributed by atoms with Gasteiger partial charge in [-0.05, 0) is 11.6 Å². The molecule has 0 unspecified atom stereocenters.